The summed E-state index contributed by atoms with van der Waals surface area (Å²) in [7, 11) is 0. The van der Waals surface area contributed by atoms with Crippen LogP contribution in [0.4, 0.5) is 5.69 Å². The number of aryl methyl sites for hydroxylation is 2. The molecule has 1 aliphatic rings. The Morgan fingerprint density at radius 3 is 1.81 bits per heavy atom. The summed E-state index contributed by atoms with van der Waals surface area (Å²) in [6, 6.07) is 17.6. The summed E-state index contributed by atoms with van der Waals surface area (Å²) in [5, 5.41) is 0. The second-order valence-corrected chi connectivity index (χ2v) is 6.32. The molecule has 2 aromatic carbocycles. The molecule has 2 aromatic rings. The molecule has 2 N–H and O–H groups in total. The van der Waals surface area contributed by atoms with Crippen molar-refractivity contribution in [3.8, 4) is 0 Å². The summed E-state index contributed by atoms with van der Waals surface area (Å²) in [6.45, 7) is 0. The molecule has 3 rings (SSSR count). The van der Waals surface area contributed by atoms with E-state index in [1.807, 2.05) is 12.1 Å². The van der Waals surface area contributed by atoms with Gasteiger partial charge in [-0.2, -0.15) is 0 Å². The van der Waals surface area contributed by atoms with Crippen LogP contribution in [-0.2, 0) is 12.8 Å². The lowest BCUT2D eigenvalue weighted by molar-refractivity contribution is 0.443. The zero-order valence-corrected chi connectivity index (χ0v) is 12.7. The molecule has 0 atom stereocenters. The lowest BCUT2D eigenvalue weighted by Gasteiger charge is -2.22. The van der Waals surface area contributed by atoms with Crippen LogP contribution in [0, 0.1) is 0 Å². The summed E-state index contributed by atoms with van der Waals surface area (Å²) in [5.74, 6) is 0.810. The first-order valence-electron chi connectivity index (χ1n) is 8.24. The minimum Gasteiger partial charge on any atom is -0.399 e. The van der Waals surface area contributed by atoms with Gasteiger partial charge in [0.15, 0.2) is 0 Å². The largest absolute Gasteiger partial charge is 0.399 e. The molecule has 1 heteroatoms. The minimum absolute atomic E-state index is 0.810. The molecule has 1 fully saturated rings. The van der Waals surface area contributed by atoms with E-state index in [-0.39, 0.29) is 0 Å². The quantitative estimate of drug-likeness (QED) is 0.774. The van der Waals surface area contributed by atoms with Crippen molar-refractivity contribution in [3.05, 3.63) is 65.2 Å². The van der Waals surface area contributed by atoms with E-state index in [9.17, 15) is 0 Å². The lowest BCUT2D eigenvalue weighted by atomic mass is 9.84. The molecule has 0 spiro atoms. The van der Waals surface area contributed by atoms with Crippen LogP contribution < -0.4 is 5.73 Å². The van der Waals surface area contributed by atoms with Gasteiger partial charge < -0.3 is 5.73 Å². The maximum absolute atomic E-state index is 5.72. The van der Waals surface area contributed by atoms with Crippen LogP contribution >= 0.6 is 0 Å². The summed E-state index contributed by atoms with van der Waals surface area (Å²) in [6.07, 6.45) is 9.19. The van der Waals surface area contributed by atoms with Crippen LogP contribution in [0.3, 0.4) is 0 Å². The van der Waals surface area contributed by atoms with E-state index in [0.717, 1.165) is 24.4 Å². The lowest BCUT2D eigenvalue weighted by Crippen LogP contribution is -2.04. The van der Waals surface area contributed by atoms with E-state index in [1.165, 1.54) is 43.2 Å². The Hall–Kier alpha value is -1.76. The third-order valence-corrected chi connectivity index (χ3v) is 4.74. The Balaban J connectivity index is 1.57. The summed E-state index contributed by atoms with van der Waals surface area (Å²) >= 11 is 0. The molecule has 0 aromatic heterocycles. The van der Waals surface area contributed by atoms with Crippen molar-refractivity contribution in [3.63, 3.8) is 0 Å². The predicted octanol–water partition coefficient (Wildman–Crippen LogP) is 5.10. The first kappa shape index (κ1) is 14.2. The molecular weight excluding hydrogens is 254 g/mol. The van der Waals surface area contributed by atoms with Crippen molar-refractivity contribution in [2.45, 2.75) is 50.9 Å². The molecule has 0 aliphatic heterocycles. The molecule has 1 saturated carbocycles. The van der Waals surface area contributed by atoms with Crippen molar-refractivity contribution in [1.82, 2.24) is 0 Å². The average molecular weight is 279 g/mol. The number of anilines is 1. The molecule has 0 radical (unpaired) electrons. The van der Waals surface area contributed by atoms with Crippen LogP contribution in [0.5, 0.6) is 0 Å². The van der Waals surface area contributed by atoms with E-state index < -0.39 is 0 Å². The highest BCUT2D eigenvalue weighted by molar-refractivity contribution is 5.39. The minimum atomic E-state index is 0.810. The Labute approximate surface area is 128 Å². The van der Waals surface area contributed by atoms with E-state index in [1.54, 1.807) is 5.56 Å². The first-order valence-corrected chi connectivity index (χ1v) is 8.24. The second-order valence-electron chi connectivity index (χ2n) is 6.32. The Kier molecular flexibility index (Phi) is 4.59. The van der Waals surface area contributed by atoms with Crippen LogP contribution in [-0.4, -0.2) is 0 Å². The highest BCUT2D eigenvalue weighted by Crippen LogP contribution is 2.32. The fourth-order valence-corrected chi connectivity index (χ4v) is 3.37. The molecule has 0 saturated heterocycles. The standard InChI is InChI=1S/C20H25N/c21-20-14-10-17(11-15-20)7-6-16-8-12-19(13-9-16)18-4-2-1-3-5-18/h8-15,18H,1-7,21H2. The van der Waals surface area contributed by atoms with Crippen LogP contribution in [0.2, 0.25) is 0 Å². The van der Waals surface area contributed by atoms with Gasteiger partial charge in [-0.25, -0.2) is 0 Å². The van der Waals surface area contributed by atoms with Crippen molar-refractivity contribution in [2.24, 2.45) is 0 Å². The highest BCUT2D eigenvalue weighted by atomic mass is 14.5. The van der Waals surface area contributed by atoms with Crippen molar-refractivity contribution < 1.29 is 0 Å². The normalized spacial score (nSPS) is 16.0. The van der Waals surface area contributed by atoms with E-state index in [0.29, 0.717) is 0 Å². The molecule has 0 heterocycles. The first-order chi connectivity index (χ1) is 10.3. The summed E-state index contributed by atoms with van der Waals surface area (Å²) < 4.78 is 0. The molecule has 1 nitrogen and oxygen atoms in total. The van der Waals surface area contributed by atoms with Gasteiger partial charge in [0.05, 0.1) is 0 Å². The molecular formula is C20H25N. The van der Waals surface area contributed by atoms with Crippen molar-refractivity contribution >= 4 is 5.69 Å². The Bertz CT molecular complexity index is 547. The van der Waals surface area contributed by atoms with Gasteiger partial charge in [0.1, 0.15) is 0 Å². The summed E-state index contributed by atoms with van der Waals surface area (Å²) in [5.41, 5.74) is 10.9. The maximum Gasteiger partial charge on any atom is 0.0314 e. The van der Waals surface area contributed by atoms with Gasteiger partial charge in [-0.1, -0.05) is 55.7 Å². The molecule has 21 heavy (non-hydrogen) atoms. The average Bonchev–Trinajstić information content (AvgIpc) is 2.56. The van der Waals surface area contributed by atoms with Crippen LogP contribution in [0.15, 0.2) is 48.5 Å². The number of hydrogen-bond acceptors (Lipinski definition) is 1. The maximum atomic E-state index is 5.72. The molecule has 110 valence electrons. The van der Waals surface area contributed by atoms with E-state index in [4.69, 9.17) is 5.73 Å². The molecule has 0 bridgehead atoms. The topological polar surface area (TPSA) is 26.0 Å². The smallest absolute Gasteiger partial charge is 0.0314 e. The number of nitrogen functional groups attached to an aromatic ring is 1. The molecule has 1 aliphatic carbocycles. The van der Waals surface area contributed by atoms with Crippen LogP contribution in [0.25, 0.3) is 0 Å². The zero-order valence-electron chi connectivity index (χ0n) is 12.7. The Morgan fingerprint density at radius 2 is 1.24 bits per heavy atom. The predicted molar refractivity (Wildman–Crippen MR) is 90.5 cm³/mol. The van der Waals surface area contributed by atoms with Gasteiger partial charge in [0, 0.05) is 5.69 Å². The van der Waals surface area contributed by atoms with Crippen LogP contribution in [0.1, 0.15) is 54.7 Å². The molecule has 0 amide bonds. The van der Waals surface area contributed by atoms with Gasteiger partial charge in [-0.05, 0) is 60.4 Å². The van der Waals surface area contributed by atoms with Crippen molar-refractivity contribution in [1.29, 1.82) is 0 Å². The van der Waals surface area contributed by atoms with Gasteiger partial charge in [0.25, 0.3) is 0 Å². The van der Waals surface area contributed by atoms with Crippen molar-refractivity contribution in [2.75, 3.05) is 5.73 Å². The molecule has 0 unspecified atom stereocenters. The summed E-state index contributed by atoms with van der Waals surface area (Å²) in [4.78, 5) is 0. The van der Waals surface area contributed by atoms with Gasteiger partial charge in [0.2, 0.25) is 0 Å². The fraction of sp³-hybridized carbons (Fsp3) is 0.400. The number of rotatable bonds is 4. The van der Waals surface area contributed by atoms with E-state index in [2.05, 4.69) is 36.4 Å². The SMILES string of the molecule is Nc1ccc(CCc2ccc(C3CCCCC3)cc2)cc1. The monoisotopic (exact) mass is 279 g/mol. The van der Waals surface area contributed by atoms with Gasteiger partial charge >= 0.3 is 0 Å². The fourth-order valence-electron chi connectivity index (χ4n) is 3.37. The third-order valence-electron chi connectivity index (χ3n) is 4.74. The number of hydrogen-bond donors (Lipinski definition) is 1. The van der Waals surface area contributed by atoms with E-state index >= 15 is 0 Å². The second kappa shape index (κ2) is 6.80. The van der Waals surface area contributed by atoms with Gasteiger partial charge in [-0.15, -0.1) is 0 Å². The number of nitrogens with two attached hydrogens (primary N) is 1. The number of benzene rings is 2. The highest BCUT2D eigenvalue weighted by Gasteiger charge is 2.14. The van der Waals surface area contributed by atoms with Gasteiger partial charge in [-0.3, -0.25) is 0 Å². The Morgan fingerprint density at radius 1 is 0.714 bits per heavy atom. The third kappa shape index (κ3) is 3.87. The zero-order chi connectivity index (χ0) is 14.5.